The van der Waals surface area contributed by atoms with E-state index in [1.807, 2.05) is 36.4 Å². The maximum absolute atomic E-state index is 12.6. The van der Waals surface area contributed by atoms with E-state index >= 15 is 0 Å². The zero-order chi connectivity index (χ0) is 18.8. The first kappa shape index (κ1) is 17.0. The van der Waals surface area contributed by atoms with Gasteiger partial charge in [-0.05, 0) is 24.6 Å². The van der Waals surface area contributed by atoms with E-state index in [1.54, 1.807) is 23.1 Å². The second-order valence-electron chi connectivity index (χ2n) is 6.43. The number of aromatic amines is 1. The van der Waals surface area contributed by atoms with Gasteiger partial charge in [0.1, 0.15) is 5.92 Å². The number of H-pyrrole nitrogens is 1. The molecule has 1 saturated heterocycles. The van der Waals surface area contributed by atoms with Gasteiger partial charge in [-0.25, -0.2) is 5.10 Å². The second kappa shape index (κ2) is 7.03. The van der Waals surface area contributed by atoms with Crippen LogP contribution in [0.1, 0.15) is 12.1 Å². The van der Waals surface area contributed by atoms with Gasteiger partial charge >= 0.3 is 0 Å². The summed E-state index contributed by atoms with van der Waals surface area (Å²) < 4.78 is 0. The quantitative estimate of drug-likeness (QED) is 0.689. The summed E-state index contributed by atoms with van der Waals surface area (Å²) in [6, 6.07) is 16.4. The first-order valence-electron chi connectivity index (χ1n) is 8.75. The molecule has 0 aliphatic carbocycles. The van der Waals surface area contributed by atoms with Gasteiger partial charge in [0, 0.05) is 17.6 Å². The fourth-order valence-corrected chi connectivity index (χ4v) is 3.39. The van der Waals surface area contributed by atoms with Gasteiger partial charge < -0.3 is 10.2 Å². The van der Waals surface area contributed by atoms with E-state index in [9.17, 15) is 14.4 Å². The molecule has 2 aromatic carbocycles. The molecule has 2 N–H and O–H groups in total. The third kappa shape index (κ3) is 3.19. The van der Waals surface area contributed by atoms with Crippen LogP contribution >= 0.6 is 0 Å². The van der Waals surface area contributed by atoms with Crippen LogP contribution in [0.2, 0.25) is 0 Å². The van der Waals surface area contributed by atoms with Crippen LogP contribution in [-0.4, -0.2) is 28.6 Å². The molecule has 1 atom stereocenters. The minimum Gasteiger partial charge on any atom is -0.350 e. The Morgan fingerprint density at radius 2 is 1.78 bits per heavy atom. The predicted molar refractivity (Wildman–Crippen MR) is 101 cm³/mol. The van der Waals surface area contributed by atoms with Crippen molar-refractivity contribution in [1.29, 1.82) is 0 Å². The summed E-state index contributed by atoms with van der Waals surface area (Å²) in [5.41, 5.74) is 1.08. The van der Waals surface area contributed by atoms with Gasteiger partial charge in [-0.1, -0.05) is 36.4 Å². The number of anilines is 1. The van der Waals surface area contributed by atoms with Crippen LogP contribution in [0.3, 0.4) is 0 Å². The molecule has 3 aromatic rings. The number of aromatic nitrogens is 2. The van der Waals surface area contributed by atoms with E-state index < -0.39 is 5.92 Å². The van der Waals surface area contributed by atoms with Crippen molar-refractivity contribution in [3.05, 3.63) is 70.6 Å². The molecular weight excluding hydrogens is 344 g/mol. The maximum atomic E-state index is 12.6. The van der Waals surface area contributed by atoms with Crippen molar-refractivity contribution in [3.63, 3.8) is 0 Å². The minimum absolute atomic E-state index is 0.144. The largest absolute Gasteiger partial charge is 0.350 e. The number of amides is 2. The van der Waals surface area contributed by atoms with E-state index in [2.05, 4.69) is 15.5 Å². The summed E-state index contributed by atoms with van der Waals surface area (Å²) in [4.78, 5) is 38.6. The minimum atomic E-state index is -0.709. The standard InChI is InChI=1S/C20H18N4O3/c25-18(16-10-11-24(20(16)27)13-6-2-1-3-7-13)21-12-17-14-8-4-5-9-15(14)19(26)23-22-17/h1-9,16H,10-12H2,(H,21,25)(H,23,26). The third-order valence-electron chi connectivity index (χ3n) is 4.79. The Balaban J connectivity index is 1.47. The Kier molecular flexibility index (Phi) is 4.42. The van der Waals surface area contributed by atoms with Crippen molar-refractivity contribution >= 4 is 28.3 Å². The van der Waals surface area contributed by atoms with Crippen LogP contribution in [0.15, 0.2) is 59.4 Å². The molecule has 0 saturated carbocycles. The third-order valence-corrected chi connectivity index (χ3v) is 4.79. The van der Waals surface area contributed by atoms with Gasteiger partial charge in [-0.15, -0.1) is 0 Å². The Morgan fingerprint density at radius 3 is 2.56 bits per heavy atom. The van der Waals surface area contributed by atoms with Gasteiger partial charge in [0.15, 0.2) is 0 Å². The number of carbonyl (C=O) groups is 2. The summed E-state index contributed by atoms with van der Waals surface area (Å²) in [6.45, 7) is 0.659. The first-order chi connectivity index (χ1) is 13.1. The van der Waals surface area contributed by atoms with Crippen LogP contribution in [0, 0.1) is 5.92 Å². The molecule has 7 heteroatoms. The predicted octanol–water partition coefficient (Wildman–Crippen LogP) is 1.59. The molecule has 2 amide bonds. The smallest absolute Gasteiger partial charge is 0.272 e. The zero-order valence-corrected chi connectivity index (χ0v) is 14.5. The van der Waals surface area contributed by atoms with Crippen molar-refractivity contribution in [3.8, 4) is 0 Å². The Hall–Kier alpha value is -3.48. The number of hydrogen-bond acceptors (Lipinski definition) is 4. The molecule has 1 aromatic heterocycles. The second-order valence-corrected chi connectivity index (χ2v) is 6.43. The van der Waals surface area contributed by atoms with Gasteiger partial charge in [0.2, 0.25) is 11.8 Å². The molecule has 1 fully saturated rings. The number of benzene rings is 2. The summed E-state index contributed by atoms with van der Waals surface area (Å²) in [6.07, 6.45) is 0.472. The molecule has 136 valence electrons. The highest BCUT2D eigenvalue weighted by Gasteiger charge is 2.37. The average molecular weight is 362 g/mol. The molecule has 0 radical (unpaired) electrons. The average Bonchev–Trinajstić information content (AvgIpc) is 3.09. The number of fused-ring (bicyclic) bond motifs is 1. The van der Waals surface area contributed by atoms with Crippen LogP contribution in [0.25, 0.3) is 10.8 Å². The summed E-state index contributed by atoms with van der Waals surface area (Å²) >= 11 is 0. The Bertz CT molecular complexity index is 1060. The fraction of sp³-hybridized carbons (Fsp3) is 0.200. The van der Waals surface area contributed by atoms with E-state index in [4.69, 9.17) is 0 Å². The summed E-state index contributed by atoms with van der Waals surface area (Å²) in [5, 5.41) is 10.5. The number of hydrogen-bond donors (Lipinski definition) is 2. The fourth-order valence-electron chi connectivity index (χ4n) is 3.39. The molecule has 0 spiro atoms. The van der Waals surface area contributed by atoms with Crippen molar-refractivity contribution < 1.29 is 9.59 Å². The van der Waals surface area contributed by atoms with Gasteiger partial charge in [0.05, 0.1) is 17.6 Å². The lowest BCUT2D eigenvalue weighted by Crippen LogP contribution is -2.36. The first-order valence-corrected chi connectivity index (χ1v) is 8.75. The highest BCUT2D eigenvalue weighted by molar-refractivity contribution is 6.09. The molecule has 4 rings (SSSR count). The Labute approximate surface area is 155 Å². The normalized spacial score (nSPS) is 16.7. The lowest BCUT2D eigenvalue weighted by Gasteiger charge is -2.16. The van der Waals surface area contributed by atoms with E-state index in [0.717, 1.165) is 5.69 Å². The number of nitrogens with one attached hydrogen (secondary N) is 2. The zero-order valence-electron chi connectivity index (χ0n) is 14.5. The number of rotatable bonds is 4. The van der Waals surface area contributed by atoms with Gasteiger partial charge in [0.25, 0.3) is 5.56 Å². The van der Waals surface area contributed by atoms with Crippen molar-refractivity contribution in [2.75, 3.05) is 11.4 Å². The van der Waals surface area contributed by atoms with Gasteiger partial charge in [-0.3, -0.25) is 14.4 Å². The lowest BCUT2D eigenvalue weighted by molar-refractivity contribution is -0.132. The SMILES string of the molecule is O=C(NCc1n[nH]c(=O)c2ccccc12)C1CCN(c2ccccc2)C1=O. The molecule has 27 heavy (non-hydrogen) atoms. The van der Waals surface area contributed by atoms with Crippen LogP contribution in [0.5, 0.6) is 0 Å². The van der Waals surface area contributed by atoms with E-state index in [0.29, 0.717) is 29.4 Å². The monoisotopic (exact) mass is 362 g/mol. The molecule has 2 heterocycles. The molecular formula is C20H18N4O3. The Morgan fingerprint density at radius 1 is 1.07 bits per heavy atom. The van der Waals surface area contributed by atoms with Crippen molar-refractivity contribution in [2.24, 2.45) is 5.92 Å². The molecule has 1 aliphatic heterocycles. The van der Waals surface area contributed by atoms with Gasteiger partial charge in [-0.2, -0.15) is 5.10 Å². The van der Waals surface area contributed by atoms with Crippen molar-refractivity contribution in [2.45, 2.75) is 13.0 Å². The summed E-state index contributed by atoms with van der Waals surface area (Å²) in [7, 11) is 0. The summed E-state index contributed by atoms with van der Waals surface area (Å²) in [5.74, 6) is -1.23. The highest BCUT2D eigenvalue weighted by Crippen LogP contribution is 2.25. The lowest BCUT2D eigenvalue weighted by atomic mass is 10.1. The van der Waals surface area contributed by atoms with Crippen LogP contribution < -0.4 is 15.8 Å². The topological polar surface area (TPSA) is 95.2 Å². The van der Waals surface area contributed by atoms with Crippen LogP contribution in [0.4, 0.5) is 5.69 Å². The van der Waals surface area contributed by atoms with Crippen molar-refractivity contribution in [1.82, 2.24) is 15.5 Å². The van der Waals surface area contributed by atoms with Crippen LogP contribution in [-0.2, 0) is 16.1 Å². The van der Waals surface area contributed by atoms with E-state index in [-0.39, 0.29) is 23.9 Å². The molecule has 1 unspecified atom stereocenters. The molecule has 1 aliphatic rings. The number of para-hydroxylation sites is 1. The number of nitrogens with zero attached hydrogens (tertiary/aromatic N) is 2. The molecule has 7 nitrogen and oxygen atoms in total. The maximum Gasteiger partial charge on any atom is 0.272 e. The highest BCUT2D eigenvalue weighted by atomic mass is 16.2. The number of carbonyl (C=O) groups excluding carboxylic acids is 2. The van der Waals surface area contributed by atoms with E-state index in [1.165, 1.54) is 0 Å². The molecule has 0 bridgehead atoms.